The molecule has 3 N–H and O–H groups in total. The Morgan fingerprint density at radius 1 is 1.29 bits per heavy atom. The topological polar surface area (TPSA) is 81.7 Å². The van der Waals surface area contributed by atoms with Gasteiger partial charge < -0.3 is 20.6 Å². The fourth-order valence-corrected chi connectivity index (χ4v) is 2.34. The number of carbonyl (C=O) groups excluding carboxylic acids is 2. The van der Waals surface area contributed by atoms with Gasteiger partial charge in [-0.2, -0.15) is 0 Å². The number of carbonyl (C=O) groups is 2. The number of amides is 3. The number of hydrogen-bond donors (Lipinski definition) is 3. The van der Waals surface area contributed by atoms with Crippen LogP contribution in [0.25, 0.3) is 0 Å². The van der Waals surface area contributed by atoms with E-state index in [0.717, 1.165) is 6.42 Å². The molecule has 0 saturated heterocycles. The van der Waals surface area contributed by atoms with Crippen LogP contribution in [0.2, 0.25) is 5.02 Å². The molecular formula is C17H26ClN3O3. The van der Waals surface area contributed by atoms with Crippen molar-refractivity contribution in [3.8, 4) is 0 Å². The molecule has 0 radical (unpaired) electrons. The van der Waals surface area contributed by atoms with Gasteiger partial charge in [0.15, 0.2) is 0 Å². The third-order valence-electron chi connectivity index (χ3n) is 3.29. The van der Waals surface area contributed by atoms with E-state index in [4.69, 9.17) is 16.7 Å². The van der Waals surface area contributed by atoms with Crippen LogP contribution in [-0.4, -0.2) is 48.2 Å². The normalized spacial score (nSPS) is 10.6. The van der Waals surface area contributed by atoms with Crippen LogP contribution in [0.4, 0.5) is 10.5 Å². The van der Waals surface area contributed by atoms with Crippen LogP contribution in [0.15, 0.2) is 18.2 Å². The molecule has 0 aromatic heterocycles. The average Bonchev–Trinajstić information content (AvgIpc) is 2.52. The second kappa shape index (κ2) is 10.2. The number of urea groups is 1. The molecule has 1 rings (SSSR count). The molecule has 0 bridgehead atoms. The van der Waals surface area contributed by atoms with Crippen molar-refractivity contribution >= 4 is 29.2 Å². The lowest BCUT2D eigenvalue weighted by atomic mass is 10.1. The fourth-order valence-electron chi connectivity index (χ4n) is 2.08. The zero-order valence-corrected chi connectivity index (χ0v) is 15.2. The Kier molecular flexibility index (Phi) is 8.57. The Hall–Kier alpha value is -1.79. The number of rotatable bonds is 8. The number of nitrogens with zero attached hydrogens (tertiary/aromatic N) is 1. The summed E-state index contributed by atoms with van der Waals surface area (Å²) in [5, 5.41) is 14.8. The first-order chi connectivity index (χ1) is 11.4. The van der Waals surface area contributed by atoms with Crippen molar-refractivity contribution in [2.24, 2.45) is 5.92 Å². The quantitative estimate of drug-likeness (QED) is 0.670. The SMILES string of the molecule is CCCN(CCO)C(=O)Nc1ccc(C(=O)NCC(C)C)c(Cl)c1. The first-order valence-corrected chi connectivity index (χ1v) is 8.51. The van der Waals surface area contributed by atoms with Gasteiger partial charge in [0, 0.05) is 25.3 Å². The molecule has 0 saturated carbocycles. The molecule has 0 spiro atoms. The maximum atomic E-state index is 12.2. The van der Waals surface area contributed by atoms with Gasteiger partial charge in [0.2, 0.25) is 0 Å². The standard InChI is InChI=1S/C17H26ClN3O3/c1-4-7-21(8-9-22)17(24)20-13-5-6-14(15(18)10-13)16(23)19-11-12(2)3/h5-6,10,12,22H,4,7-9,11H2,1-3H3,(H,19,23)(H,20,24). The molecule has 3 amide bonds. The number of nitrogens with one attached hydrogen (secondary N) is 2. The number of hydrogen-bond acceptors (Lipinski definition) is 3. The predicted molar refractivity (Wildman–Crippen MR) is 96.6 cm³/mol. The van der Waals surface area contributed by atoms with Gasteiger partial charge in [0.05, 0.1) is 17.2 Å². The minimum absolute atomic E-state index is 0.0941. The van der Waals surface area contributed by atoms with Gasteiger partial charge in [0.25, 0.3) is 5.91 Å². The molecule has 0 heterocycles. The summed E-state index contributed by atoms with van der Waals surface area (Å²) in [4.78, 5) is 25.8. The number of aliphatic hydroxyl groups is 1. The van der Waals surface area contributed by atoms with Gasteiger partial charge in [-0.1, -0.05) is 32.4 Å². The predicted octanol–water partition coefficient (Wildman–Crippen LogP) is 2.96. The van der Waals surface area contributed by atoms with Gasteiger partial charge >= 0.3 is 6.03 Å². The van der Waals surface area contributed by atoms with E-state index < -0.39 is 0 Å². The molecule has 0 aliphatic rings. The highest BCUT2D eigenvalue weighted by Gasteiger charge is 2.15. The molecule has 134 valence electrons. The molecule has 24 heavy (non-hydrogen) atoms. The second-order valence-electron chi connectivity index (χ2n) is 5.94. The highest BCUT2D eigenvalue weighted by Crippen LogP contribution is 2.21. The molecule has 0 aliphatic carbocycles. The summed E-state index contributed by atoms with van der Waals surface area (Å²) in [5.41, 5.74) is 0.876. The van der Waals surface area contributed by atoms with Crippen LogP contribution in [0.3, 0.4) is 0 Å². The van der Waals surface area contributed by atoms with Gasteiger partial charge in [-0.25, -0.2) is 4.79 Å². The number of halogens is 1. The van der Waals surface area contributed by atoms with Crippen LogP contribution in [0, 0.1) is 5.92 Å². The second-order valence-corrected chi connectivity index (χ2v) is 6.35. The lowest BCUT2D eigenvalue weighted by molar-refractivity contribution is 0.0949. The van der Waals surface area contributed by atoms with E-state index in [-0.39, 0.29) is 30.1 Å². The number of aliphatic hydroxyl groups excluding tert-OH is 1. The summed E-state index contributed by atoms with van der Waals surface area (Å²) in [6, 6.07) is 4.47. The lowest BCUT2D eigenvalue weighted by Gasteiger charge is -2.21. The van der Waals surface area contributed by atoms with E-state index in [1.807, 2.05) is 20.8 Å². The molecule has 0 fully saturated rings. The highest BCUT2D eigenvalue weighted by molar-refractivity contribution is 6.34. The third kappa shape index (κ3) is 6.37. The lowest BCUT2D eigenvalue weighted by Crippen LogP contribution is -2.37. The molecule has 7 heteroatoms. The van der Waals surface area contributed by atoms with Gasteiger partial charge in [0.1, 0.15) is 0 Å². The van der Waals surface area contributed by atoms with Crippen LogP contribution in [0.1, 0.15) is 37.6 Å². The van der Waals surface area contributed by atoms with Crippen molar-refractivity contribution in [2.45, 2.75) is 27.2 Å². The molecule has 6 nitrogen and oxygen atoms in total. The van der Waals surface area contributed by atoms with E-state index in [1.54, 1.807) is 18.2 Å². The van der Waals surface area contributed by atoms with Crippen molar-refractivity contribution in [3.05, 3.63) is 28.8 Å². The van der Waals surface area contributed by atoms with Crippen molar-refractivity contribution in [1.82, 2.24) is 10.2 Å². The van der Waals surface area contributed by atoms with Crippen LogP contribution >= 0.6 is 11.6 Å². The Morgan fingerprint density at radius 2 is 2.00 bits per heavy atom. The Morgan fingerprint density at radius 3 is 2.54 bits per heavy atom. The summed E-state index contributed by atoms with van der Waals surface area (Å²) in [6.45, 7) is 7.27. The number of anilines is 1. The van der Waals surface area contributed by atoms with Gasteiger partial charge in [-0.15, -0.1) is 0 Å². The third-order valence-corrected chi connectivity index (χ3v) is 3.60. The van der Waals surface area contributed by atoms with E-state index in [1.165, 1.54) is 4.90 Å². The first kappa shape index (κ1) is 20.3. The zero-order chi connectivity index (χ0) is 18.1. The monoisotopic (exact) mass is 355 g/mol. The van der Waals surface area contributed by atoms with Gasteiger partial charge in [-0.3, -0.25) is 4.79 Å². The Balaban J connectivity index is 2.76. The smallest absolute Gasteiger partial charge is 0.321 e. The molecule has 1 aromatic rings. The molecule has 0 atom stereocenters. The van der Waals surface area contributed by atoms with Gasteiger partial charge in [-0.05, 0) is 30.5 Å². The van der Waals surface area contributed by atoms with Crippen LogP contribution in [-0.2, 0) is 0 Å². The Bertz CT molecular complexity index is 558. The summed E-state index contributed by atoms with van der Waals surface area (Å²) in [5.74, 6) is 0.113. The largest absolute Gasteiger partial charge is 0.395 e. The molecule has 0 aliphatic heterocycles. The van der Waals surface area contributed by atoms with E-state index >= 15 is 0 Å². The summed E-state index contributed by atoms with van der Waals surface area (Å²) < 4.78 is 0. The maximum absolute atomic E-state index is 12.2. The van der Waals surface area contributed by atoms with Crippen molar-refractivity contribution in [2.75, 3.05) is 31.6 Å². The molecular weight excluding hydrogens is 330 g/mol. The summed E-state index contributed by atoms with van der Waals surface area (Å²) in [7, 11) is 0. The first-order valence-electron chi connectivity index (χ1n) is 8.13. The maximum Gasteiger partial charge on any atom is 0.321 e. The fraction of sp³-hybridized carbons (Fsp3) is 0.529. The average molecular weight is 356 g/mol. The van der Waals surface area contributed by atoms with Crippen molar-refractivity contribution in [3.63, 3.8) is 0 Å². The zero-order valence-electron chi connectivity index (χ0n) is 14.4. The van der Waals surface area contributed by atoms with E-state index in [2.05, 4.69) is 10.6 Å². The van der Waals surface area contributed by atoms with Crippen LogP contribution in [0.5, 0.6) is 0 Å². The Labute approximate surface area is 148 Å². The van der Waals surface area contributed by atoms with Crippen LogP contribution < -0.4 is 10.6 Å². The van der Waals surface area contributed by atoms with E-state index in [9.17, 15) is 9.59 Å². The van der Waals surface area contributed by atoms with Crippen molar-refractivity contribution in [1.29, 1.82) is 0 Å². The minimum Gasteiger partial charge on any atom is -0.395 e. The summed E-state index contributed by atoms with van der Waals surface area (Å²) in [6.07, 6.45) is 0.795. The van der Waals surface area contributed by atoms with E-state index in [0.29, 0.717) is 30.3 Å². The number of benzene rings is 1. The minimum atomic E-state index is -0.307. The van der Waals surface area contributed by atoms with Crippen molar-refractivity contribution < 1.29 is 14.7 Å². The molecule has 0 unspecified atom stereocenters. The molecule has 1 aromatic carbocycles. The highest BCUT2D eigenvalue weighted by atomic mass is 35.5. The summed E-state index contributed by atoms with van der Waals surface area (Å²) >= 11 is 6.16.